The van der Waals surface area contributed by atoms with E-state index in [1.54, 1.807) is 0 Å². The molecule has 0 amide bonds. The van der Waals surface area contributed by atoms with Gasteiger partial charge in [-0.25, -0.2) is 0 Å². The smallest absolute Gasteiger partial charge is 0.0479 e. The Hall–Kier alpha value is -1.88. The van der Waals surface area contributed by atoms with Gasteiger partial charge in [0.1, 0.15) is 0 Å². The summed E-state index contributed by atoms with van der Waals surface area (Å²) in [4.78, 5) is 0. The van der Waals surface area contributed by atoms with Crippen molar-refractivity contribution in [2.75, 3.05) is 11.9 Å². The number of hydrogen-bond donors (Lipinski definition) is 1. The first kappa shape index (κ1) is 10.6. The predicted octanol–water partition coefficient (Wildman–Crippen LogP) is 3.00. The van der Waals surface area contributed by atoms with Gasteiger partial charge in [-0.1, -0.05) is 0 Å². The molecule has 1 N–H and O–H groups in total. The fourth-order valence-corrected chi connectivity index (χ4v) is 1.81. The Balaban J connectivity index is 2.06. The number of rotatable bonds is 4. The van der Waals surface area contributed by atoms with Crippen molar-refractivity contribution in [3.63, 3.8) is 0 Å². The Morgan fingerprint density at radius 3 is 3.06 bits per heavy atom. The number of aromatic nitrogens is 1. The summed E-state index contributed by atoms with van der Waals surface area (Å²) in [6.45, 7) is 0.933. The minimum absolute atomic E-state index is 0.834. The summed E-state index contributed by atoms with van der Waals surface area (Å²) in [6.07, 6.45) is 9.13. The van der Waals surface area contributed by atoms with E-state index in [1.165, 1.54) is 10.9 Å². The molecule has 0 saturated carbocycles. The minimum atomic E-state index is 0.834. The summed E-state index contributed by atoms with van der Waals surface area (Å²) < 4.78 is 2.12. The molecule has 2 nitrogen and oxygen atoms in total. The van der Waals surface area contributed by atoms with E-state index in [4.69, 9.17) is 6.42 Å². The fourth-order valence-electron chi connectivity index (χ4n) is 1.81. The highest BCUT2D eigenvalue weighted by Crippen LogP contribution is 2.19. The molecule has 0 bridgehead atoms. The molecule has 1 heterocycles. The van der Waals surface area contributed by atoms with E-state index < -0.39 is 0 Å². The SMILES string of the molecule is C#CCCCNc1ccc2c(ccn2C)c1. The second-order valence-corrected chi connectivity index (χ2v) is 3.93. The molecule has 1 aromatic carbocycles. The number of nitrogens with zero attached hydrogens (tertiary/aromatic N) is 1. The summed E-state index contributed by atoms with van der Waals surface area (Å²) in [5, 5.41) is 4.64. The average Bonchev–Trinajstić information content (AvgIpc) is 2.66. The quantitative estimate of drug-likeness (QED) is 0.609. The van der Waals surface area contributed by atoms with Gasteiger partial charge in [-0.2, -0.15) is 0 Å². The van der Waals surface area contributed by atoms with Gasteiger partial charge < -0.3 is 9.88 Å². The van der Waals surface area contributed by atoms with Gasteiger partial charge in [-0.3, -0.25) is 0 Å². The van der Waals surface area contributed by atoms with Crippen LogP contribution in [0.5, 0.6) is 0 Å². The topological polar surface area (TPSA) is 17.0 Å². The van der Waals surface area contributed by atoms with Crippen LogP contribution in [-0.2, 0) is 7.05 Å². The van der Waals surface area contributed by atoms with Gasteiger partial charge >= 0.3 is 0 Å². The van der Waals surface area contributed by atoms with Crippen LogP contribution in [0, 0.1) is 12.3 Å². The molecule has 0 radical (unpaired) electrons. The van der Waals surface area contributed by atoms with E-state index in [1.807, 2.05) is 0 Å². The third kappa shape index (κ3) is 2.20. The third-order valence-corrected chi connectivity index (χ3v) is 2.71. The molecule has 2 heteroatoms. The van der Waals surface area contributed by atoms with Gasteiger partial charge in [0.2, 0.25) is 0 Å². The van der Waals surface area contributed by atoms with Crippen LogP contribution in [-0.4, -0.2) is 11.1 Å². The van der Waals surface area contributed by atoms with E-state index in [0.29, 0.717) is 0 Å². The van der Waals surface area contributed by atoms with Gasteiger partial charge in [0, 0.05) is 42.8 Å². The summed E-state index contributed by atoms with van der Waals surface area (Å²) in [6, 6.07) is 8.55. The van der Waals surface area contributed by atoms with Crippen LogP contribution in [0.2, 0.25) is 0 Å². The highest BCUT2D eigenvalue weighted by Gasteiger charge is 1.98. The molecule has 0 aliphatic carbocycles. The summed E-state index contributed by atoms with van der Waals surface area (Å²) in [7, 11) is 2.06. The zero-order valence-corrected chi connectivity index (χ0v) is 9.53. The molecular formula is C14H16N2. The molecule has 0 aliphatic heterocycles. The average molecular weight is 212 g/mol. The van der Waals surface area contributed by atoms with Crippen LogP contribution in [0.15, 0.2) is 30.5 Å². The van der Waals surface area contributed by atoms with Gasteiger partial charge in [-0.15, -0.1) is 12.3 Å². The molecule has 0 spiro atoms. The maximum absolute atomic E-state index is 5.20. The van der Waals surface area contributed by atoms with Crippen molar-refractivity contribution in [2.24, 2.45) is 7.05 Å². The molecule has 82 valence electrons. The van der Waals surface area contributed by atoms with Gasteiger partial charge in [0.25, 0.3) is 0 Å². The molecule has 0 saturated heterocycles. The maximum Gasteiger partial charge on any atom is 0.0479 e. The standard InChI is InChI=1S/C14H16N2/c1-3-4-5-9-15-13-6-7-14-12(11-13)8-10-16(14)2/h1,6-8,10-11,15H,4-5,9H2,2H3. The predicted molar refractivity (Wildman–Crippen MR) is 69.5 cm³/mol. The second kappa shape index (κ2) is 4.76. The number of hydrogen-bond acceptors (Lipinski definition) is 1. The van der Waals surface area contributed by atoms with Crippen molar-refractivity contribution in [2.45, 2.75) is 12.8 Å². The summed E-state index contributed by atoms with van der Waals surface area (Å²) in [5.41, 5.74) is 2.42. The van der Waals surface area contributed by atoms with Crippen molar-refractivity contribution in [3.05, 3.63) is 30.5 Å². The van der Waals surface area contributed by atoms with Crippen LogP contribution in [0.1, 0.15) is 12.8 Å². The first-order valence-corrected chi connectivity index (χ1v) is 5.53. The van der Waals surface area contributed by atoms with Crippen molar-refractivity contribution in [1.82, 2.24) is 4.57 Å². The monoisotopic (exact) mass is 212 g/mol. The van der Waals surface area contributed by atoms with Crippen molar-refractivity contribution < 1.29 is 0 Å². The van der Waals surface area contributed by atoms with Crippen LogP contribution >= 0.6 is 0 Å². The minimum Gasteiger partial charge on any atom is -0.385 e. The number of nitrogens with one attached hydrogen (secondary N) is 1. The normalized spacial score (nSPS) is 10.2. The van der Waals surface area contributed by atoms with E-state index in [9.17, 15) is 0 Å². The summed E-state index contributed by atoms with van der Waals surface area (Å²) >= 11 is 0. The molecule has 0 fully saturated rings. The lowest BCUT2D eigenvalue weighted by Crippen LogP contribution is -2.00. The Morgan fingerprint density at radius 1 is 1.38 bits per heavy atom. The maximum atomic E-state index is 5.20. The molecular weight excluding hydrogens is 196 g/mol. The van der Waals surface area contributed by atoms with Crippen molar-refractivity contribution in [1.29, 1.82) is 0 Å². The molecule has 2 rings (SSSR count). The first-order valence-electron chi connectivity index (χ1n) is 5.53. The van der Waals surface area contributed by atoms with E-state index in [0.717, 1.165) is 25.1 Å². The van der Waals surface area contributed by atoms with Crippen LogP contribution < -0.4 is 5.32 Å². The van der Waals surface area contributed by atoms with Crippen LogP contribution in [0.3, 0.4) is 0 Å². The lowest BCUT2D eigenvalue weighted by Gasteiger charge is -2.05. The second-order valence-electron chi connectivity index (χ2n) is 3.93. The van der Waals surface area contributed by atoms with Crippen LogP contribution in [0.4, 0.5) is 5.69 Å². The Kier molecular flexibility index (Phi) is 3.16. The molecule has 16 heavy (non-hydrogen) atoms. The number of unbranched alkanes of at least 4 members (excludes halogenated alkanes) is 1. The highest BCUT2D eigenvalue weighted by molar-refractivity contribution is 5.83. The highest BCUT2D eigenvalue weighted by atomic mass is 14.9. The zero-order chi connectivity index (χ0) is 11.4. The van der Waals surface area contributed by atoms with Crippen molar-refractivity contribution in [3.8, 4) is 12.3 Å². The lowest BCUT2D eigenvalue weighted by molar-refractivity contribution is 0.907. The van der Waals surface area contributed by atoms with E-state index in [2.05, 4.69) is 53.3 Å². The summed E-state index contributed by atoms with van der Waals surface area (Å²) in [5.74, 6) is 2.64. The largest absolute Gasteiger partial charge is 0.385 e. The Morgan fingerprint density at radius 2 is 2.25 bits per heavy atom. The van der Waals surface area contributed by atoms with Crippen LogP contribution in [0.25, 0.3) is 10.9 Å². The number of aryl methyl sites for hydroxylation is 1. The number of anilines is 1. The molecule has 0 unspecified atom stereocenters. The van der Waals surface area contributed by atoms with Gasteiger partial charge in [0.15, 0.2) is 0 Å². The molecule has 1 aromatic heterocycles. The van der Waals surface area contributed by atoms with E-state index in [-0.39, 0.29) is 0 Å². The Labute approximate surface area is 96.3 Å². The molecule has 0 aliphatic rings. The fraction of sp³-hybridized carbons (Fsp3) is 0.286. The number of fused-ring (bicyclic) bond motifs is 1. The number of benzene rings is 1. The third-order valence-electron chi connectivity index (χ3n) is 2.71. The van der Waals surface area contributed by atoms with Gasteiger partial charge in [-0.05, 0) is 30.7 Å². The molecule has 2 aromatic rings. The molecule has 0 atom stereocenters. The lowest BCUT2D eigenvalue weighted by atomic mass is 10.2. The van der Waals surface area contributed by atoms with E-state index >= 15 is 0 Å². The number of terminal acetylenes is 1. The zero-order valence-electron chi connectivity index (χ0n) is 9.53. The first-order chi connectivity index (χ1) is 7.81. The van der Waals surface area contributed by atoms with Crippen molar-refractivity contribution >= 4 is 16.6 Å². The van der Waals surface area contributed by atoms with Gasteiger partial charge in [0.05, 0.1) is 0 Å². The Bertz CT molecular complexity index is 517.